The van der Waals surface area contributed by atoms with Crippen LogP contribution in [0.4, 0.5) is 16.2 Å². The van der Waals surface area contributed by atoms with Crippen LogP contribution in [0.25, 0.3) is 0 Å². The molecule has 2 N–H and O–H groups in total. The van der Waals surface area contributed by atoms with Gasteiger partial charge in [0.25, 0.3) is 0 Å². The Kier molecular flexibility index (Phi) is 5.00. The minimum absolute atomic E-state index is 0.244. The van der Waals surface area contributed by atoms with Gasteiger partial charge in [-0.15, -0.1) is 0 Å². The average molecular weight is 329 g/mol. The smallest absolute Gasteiger partial charge is 0.319 e. The van der Waals surface area contributed by atoms with Crippen molar-refractivity contribution in [2.75, 3.05) is 29.9 Å². The predicted octanol–water partition coefficient (Wildman–Crippen LogP) is 1.97. The molecule has 0 unspecified atom stereocenters. The Labute approximate surface area is 141 Å². The number of anilines is 2. The van der Waals surface area contributed by atoms with Gasteiger partial charge in [0.1, 0.15) is 5.82 Å². The molecule has 0 bridgehead atoms. The third kappa shape index (κ3) is 4.05. The van der Waals surface area contributed by atoms with Crippen molar-refractivity contribution >= 4 is 17.4 Å². The Balaban J connectivity index is 1.52. The summed E-state index contributed by atoms with van der Waals surface area (Å²) in [6.07, 6.45) is 3.80. The molecular weight excluding hydrogens is 306 g/mol. The Morgan fingerprint density at radius 3 is 2.83 bits per heavy atom. The Morgan fingerprint density at radius 2 is 2.17 bits per heavy atom. The molecule has 2 heterocycles. The van der Waals surface area contributed by atoms with Gasteiger partial charge in [0.15, 0.2) is 0 Å². The maximum absolute atomic E-state index is 12.0. The molecule has 2 amide bonds. The van der Waals surface area contributed by atoms with E-state index in [2.05, 4.69) is 27.4 Å². The first kappa shape index (κ1) is 16.3. The molecule has 3 rings (SSSR count). The molecule has 7 nitrogen and oxygen atoms in total. The highest BCUT2D eigenvalue weighted by Gasteiger charge is 2.16. The third-order valence-corrected chi connectivity index (χ3v) is 4.06. The van der Waals surface area contributed by atoms with Crippen LogP contribution in [0.15, 0.2) is 36.7 Å². The second-order valence-electron chi connectivity index (χ2n) is 5.94. The van der Waals surface area contributed by atoms with Crippen LogP contribution in [0.1, 0.15) is 12.7 Å². The molecule has 1 aromatic carbocycles. The average Bonchev–Trinajstić information content (AvgIpc) is 2.99. The minimum atomic E-state index is -0.245. The Hall–Kier alpha value is -2.54. The molecule has 0 radical (unpaired) electrons. The second kappa shape index (κ2) is 7.35. The lowest BCUT2D eigenvalue weighted by atomic mass is 10.2. The topological polar surface area (TPSA) is 71.4 Å². The van der Waals surface area contributed by atoms with Crippen LogP contribution < -0.4 is 15.5 Å². The number of aromatic nitrogens is 2. The van der Waals surface area contributed by atoms with E-state index < -0.39 is 0 Å². The first-order valence-corrected chi connectivity index (χ1v) is 8.09. The van der Waals surface area contributed by atoms with Crippen molar-refractivity contribution < 1.29 is 9.53 Å². The molecule has 1 saturated heterocycles. The van der Waals surface area contributed by atoms with Crippen LogP contribution in [0, 0.1) is 0 Å². The van der Waals surface area contributed by atoms with Crippen LogP contribution >= 0.6 is 0 Å². The number of morpholine rings is 1. The normalized spacial score (nSPS) is 17.6. The van der Waals surface area contributed by atoms with E-state index >= 15 is 0 Å². The highest BCUT2D eigenvalue weighted by Crippen LogP contribution is 2.20. The van der Waals surface area contributed by atoms with Gasteiger partial charge in [0.05, 0.1) is 19.3 Å². The van der Waals surface area contributed by atoms with Gasteiger partial charge in [0.2, 0.25) is 0 Å². The standard InChI is InChI=1S/C17H23N5O2/c1-13-12-22(9-10-24-13)15-5-3-14(4-6-15)20-17(23)19-11-16-18-7-8-21(16)2/h3-8,13H,9-12H2,1-2H3,(H2,19,20,23)/t13-/m1/s1. The number of nitrogens with zero attached hydrogens (tertiary/aromatic N) is 3. The fourth-order valence-electron chi connectivity index (χ4n) is 2.71. The summed E-state index contributed by atoms with van der Waals surface area (Å²) < 4.78 is 7.43. The lowest BCUT2D eigenvalue weighted by Crippen LogP contribution is -2.41. The van der Waals surface area contributed by atoms with Crippen LogP contribution in [0.3, 0.4) is 0 Å². The van der Waals surface area contributed by atoms with E-state index in [9.17, 15) is 4.79 Å². The Morgan fingerprint density at radius 1 is 1.38 bits per heavy atom. The molecule has 0 spiro atoms. The summed E-state index contributed by atoms with van der Waals surface area (Å²) in [5, 5.41) is 5.63. The third-order valence-electron chi connectivity index (χ3n) is 4.06. The van der Waals surface area contributed by atoms with Crippen LogP contribution in [-0.2, 0) is 18.3 Å². The van der Waals surface area contributed by atoms with Crippen molar-refractivity contribution in [2.45, 2.75) is 19.6 Å². The van der Waals surface area contributed by atoms with E-state index in [0.29, 0.717) is 6.54 Å². The maximum atomic E-state index is 12.0. The van der Waals surface area contributed by atoms with E-state index in [0.717, 1.165) is 36.9 Å². The highest BCUT2D eigenvalue weighted by molar-refractivity contribution is 5.89. The second-order valence-corrected chi connectivity index (χ2v) is 5.94. The predicted molar refractivity (Wildman–Crippen MR) is 93.1 cm³/mol. The van der Waals surface area contributed by atoms with Gasteiger partial charge in [-0.2, -0.15) is 0 Å². The molecule has 1 aliphatic rings. The van der Waals surface area contributed by atoms with Gasteiger partial charge in [-0.25, -0.2) is 9.78 Å². The van der Waals surface area contributed by atoms with Gasteiger partial charge in [0, 0.05) is 43.9 Å². The first-order valence-electron chi connectivity index (χ1n) is 8.09. The number of imidazole rings is 1. The largest absolute Gasteiger partial charge is 0.375 e. The molecule has 0 saturated carbocycles. The van der Waals surface area contributed by atoms with Crippen molar-refractivity contribution in [2.24, 2.45) is 7.05 Å². The summed E-state index contributed by atoms with van der Waals surface area (Å²) in [4.78, 5) is 18.4. The molecule has 1 atom stereocenters. The summed E-state index contributed by atoms with van der Waals surface area (Å²) in [5.74, 6) is 0.807. The molecule has 7 heteroatoms. The molecule has 2 aromatic rings. The number of benzene rings is 1. The highest BCUT2D eigenvalue weighted by atomic mass is 16.5. The van der Waals surface area contributed by atoms with Crippen molar-refractivity contribution in [1.29, 1.82) is 0 Å². The van der Waals surface area contributed by atoms with E-state index in [1.165, 1.54) is 0 Å². The van der Waals surface area contributed by atoms with E-state index in [-0.39, 0.29) is 12.1 Å². The van der Waals surface area contributed by atoms with Crippen molar-refractivity contribution in [1.82, 2.24) is 14.9 Å². The molecular formula is C17H23N5O2. The fourth-order valence-corrected chi connectivity index (χ4v) is 2.71. The number of hydrogen-bond acceptors (Lipinski definition) is 4. The number of rotatable bonds is 4. The number of carbonyl (C=O) groups is 1. The fraction of sp³-hybridized carbons (Fsp3) is 0.412. The Bertz CT molecular complexity index is 683. The molecule has 24 heavy (non-hydrogen) atoms. The zero-order valence-electron chi connectivity index (χ0n) is 14.0. The molecule has 1 aromatic heterocycles. The number of ether oxygens (including phenoxy) is 1. The monoisotopic (exact) mass is 329 g/mol. The van der Waals surface area contributed by atoms with E-state index in [1.807, 2.05) is 42.1 Å². The number of aryl methyl sites for hydroxylation is 1. The molecule has 1 fully saturated rings. The summed E-state index contributed by atoms with van der Waals surface area (Å²) in [7, 11) is 1.90. The summed E-state index contributed by atoms with van der Waals surface area (Å²) in [6.45, 7) is 4.99. The molecule has 128 valence electrons. The van der Waals surface area contributed by atoms with E-state index in [4.69, 9.17) is 4.74 Å². The zero-order chi connectivity index (χ0) is 16.9. The summed E-state index contributed by atoms with van der Waals surface area (Å²) >= 11 is 0. The van der Waals surface area contributed by atoms with Crippen molar-refractivity contribution in [3.05, 3.63) is 42.5 Å². The van der Waals surface area contributed by atoms with Gasteiger partial charge in [-0.3, -0.25) is 0 Å². The van der Waals surface area contributed by atoms with Gasteiger partial charge in [-0.05, 0) is 31.2 Å². The first-order chi connectivity index (χ1) is 11.6. The zero-order valence-corrected chi connectivity index (χ0v) is 14.0. The number of urea groups is 1. The number of amides is 2. The van der Waals surface area contributed by atoms with Crippen LogP contribution in [0.2, 0.25) is 0 Å². The maximum Gasteiger partial charge on any atom is 0.319 e. The van der Waals surface area contributed by atoms with Crippen molar-refractivity contribution in [3.8, 4) is 0 Å². The van der Waals surface area contributed by atoms with Gasteiger partial charge >= 0.3 is 6.03 Å². The van der Waals surface area contributed by atoms with E-state index in [1.54, 1.807) is 6.20 Å². The quantitative estimate of drug-likeness (QED) is 0.899. The lowest BCUT2D eigenvalue weighted by molar-refractivity contribution is 0.0532. The number of carbonyl (C=O) groups excluding carboxylic acids is 1. The molecule has 0 aliphatic carbocycles. The summed E-state index contributed by atoms with van der Waals surface area (Å²) in [5.41, 5.74) is 1.90. The number of hydrogen-bond donors (Lipinski definition) is 2. The minimum Gasteiger partial charge on any atom is -0.375 e. The van der Waals surface area contributed by atoms with Crippen LogP contribution in [0.5, 0.6) is 0 Å². The van der Waals surface area contributed by atoms with Crippen LogP contribution in [-0.4, -0.2) is 41.4 Å². The summed E-state index contributed by atoms with van der Waals surface area (Å²) in [6, 6.07) is 7.62. The number of nitrogens with one attached hydrogen (secondary N) is 2. The SMILES string of the molecule is C[C@@H]1CN(c2ccc(NC(=O)NCc3nccn3C)cc2)CCO1. The molecule has 1 aliphatic heterocycles. The lowest BCUT2D eigenvalue weighted by Gasteiger charge is -2.33. The van der Waals surface area contributed by atoms with Gasteiger partial charge in [-0.1, -0.05) is 0 Å². The van der Waals surface area contributed by atoms with Crippen molar-refractivity contribution in [3.63, 3.8) is 0 Å². The van der Waals surface area contributed by atoms with Gasteiger partial charge < -0.3 is 24.8 Å².